The van der Waals surface area contributed by atoms with Crippen LogP contribution in [0.1, 0.15) is 187 Å². The normalized spacial score (nSPS) is 14.8. The third-order valence-corrected chi connectivity index (χ3v) is 9.05. The highest BCUT2D eigenvalue weighted by molar-refractivity contribution is 5.80. The van der Waals surface area contributed by atoms with Gasteiger partial charge in [-0.25, -0.2) is 0 Å². The van der Waals surface area contributed by atoms with Gasteiger partial charge in [0.25, 0.3) is 0 Å². The van der Waals surface area contributed by atoms with Crippen molar-refractivity contribution in [2.24, 2.45) is 0 Å². The molecule has 4 atom stereocenters. The lowest BCUT2D eigenvalue weighted by molar-refractivity contribution is -0.132. The molecule has 1 amide bonds. The number of allylic oxidation sites excluding steroid dienone is 6. The van der Waals surface area contributed by atoms with Crippen molar-refractivity contribution >= 4 is 5.91 Å². The van der Waals surface area contributed by atoms with E-state index in [1.165, 1.54) is 109 Å². The molecule has 0 aromatic heterocycles. The minimum atomic E-state index is -1.29. The summed E-state index contributed by atoms with van der Waals surface area (Å²) in [5.41, 5.74) is 0. The van der Waals surface area contributed by atoms with Gasteiger partial charge in [-0.3, -0.25) is 4.79 Å². The summed E-state index contributed by atoms with van der Waals surface area (Å²) in [5, 5.41) is 43.4. The van der Waals surface area contributed by atoms with E-state index in [9.17, 15) is 25.2 Å². The number of amides is 1. The Labute approximate surface area is 290 Å². The van der Waals surface area contributed by atoms with Crippen LogP contribution < -0.4 is 5.32 Å². The molecule has 0 spiro atoms. The molecule has 0 aromatic rings. The van der Waals surface area contributed by atoms with Crippen LogP contribution in [0.4, 0.5) is 0 Å². The van der Waals surface area contributed by atoms with Crippen molar-refractivity contribution in [2.45, 2.75) is 212 Å². The van der Waals surface area contributed by atoms with Crippen LogP contribution in [0.15, 0.2) is 36.5 Å². The molecule has 276 valence electrons. The zero-order chi connectivity index (χ0) is 34.6. The second-order valence-corrected chi connectivity index (χ2v) is 13.6. The van der Waals surface area contributed by atoms with E-state index in [4.69, 9.17) is 0 Å². The summed E-state index contributed by atoms with van der Waals surface area (Å²) < 4.78 is 0. The molecule has 0 heterocycles. The molecule has 0 saturated heterocycles. The molecule has 5 N–H and O–H groups in total. The predicted molar refractivity (Wildman–Crippen MR) is 200 cm³/mol. The highest BCUT2D eigenvalue weighted by atomic mass is 16.3. The smallest absolute Gasteiger partial charge is 0.249 e. The average molecular weight is 664 g/mol. The van der Waals surface area contributed by atoms with E-state index in [1.807, 2.05) is 0 Å². The molecule has 0 bridgehead atoms. The molecule has 6 nitrogen and oxygen atoms in total. The SMILES string of the molecule is CCCCCCCC/C=C\CCCCC(O)C(=O)NC(CO)C(O)C(O)CCC/C=C/CC/C=C/CCCCCCCCCCCC. The third kappa shape index (κ3) is 30.3. The van der Waals surface area contributed by atoms with Crippen LogP contribution in [0.2, 0.25) is 0 Å². The Hall–Kier alpha value is -1.47. The van der Waals surface area contributed by atoms with E-state index in [0.717, 1.165) is 38.5 Å². The van der Waals surface area contributed by atoms with E-state index in [-0.39, 0.29) is 0 Å². The molecule has 6 heteroatoms. The van der Waals surface area contributed by atoms with E-state index >= 15 is 0 Å². The van der Waals surface area contributed by atoms with Crippen LogP contribution in [-0.4, -0.2) is 57.3 Å². The summed E-state index contributed by atoms with van der Waals surface area (Å²) in [7, 11) is 0. The summed E-state index contributed by atoms with van der Waals surface area (Å²) in [4.78, 5) is 12.4. The second-order valence-electron chi connectivity index (χ2n) is 13.6. The first kappa shape index (κ1) is 45.5. The number of carbonyl (C=O) groups excluding carboxylic acids is 1. The Kier molecular flexibility index (Phi) is 34.7. The minimum absolute atomic E-state index is 0.329. The quantitative estimate of drug-likeness (QED) is 0.0343. The van der Waals surface area contributed by atoms with Crippen molar-refractivity contribution in [3.63, 3.8) is 0 Å². The first-order valence-corrected chi connectivity index (χ1v) is 19.9. The molecule has 0 aliphatic rings. The highest BCUT2D eigenvalue weighted by Gasteiger charge is 2.28. The fourth-order valence-corrected chi connectivity index (χ4v) is 5.82. The van der Waals surface area contributed by atoms with Crippen LogP contribution in [-0.2, 0) is 4.79 Å². The zero-order valence-electron chi connectivity index (χ0n) is 30.8. The maximum Gasteiger partial charge on any atom is 0.249 e. The maximum atomic E-state index is 12.4. The summed E-state index contributed by atoms with van der Waals surface area (Å²) in [6.07, 6.45) is 40.3. The molecule has 0 aromatic carbocycles. The van der Waals surface area contributed by atoms with Crippen molar-refractivity contribution in [2.75, 3.05) is 6.61 Å². The number of rotatable bonds is 35. The Morgan fingerprint density at radius 3 is 1.34 bits per heavy atom. The van der Waals surface area contributed by atoms with Gasteiger partial charge in [0.05, 0.1) is 18.8 Å². The number of carbonyl (C=O) groups is 1. The van der Waals surface area contributed by atoms with Gasteiger partial charge in [0, 0.05) is 0 Å². The molecule has 0 saturated carbocycles. The van der Waals surface area contributed by atoms with E-state index < -0.39 is 36.9 Å². The van der Waals surface area contributed by atoms with Crippen LogP contribution in [0, 0.1) is 0 Å². The van der Waals surface area contributed by atoms with Crippen LogP contribution in [0.3, 0.4) is 0 Å². The molecular formula is C41H77NO5. The van der Waals surface area contributed by atoms with Gasteiger partial charge < -0.3 is 25.7 Å². The fraction of sp³-hybridized carbons (Fsp3) is 0.829. The molecule has 0 rings (SSSR count). The third-order valence-electron chi connectivity index (χ3n) is 9.05. The van der Waals surface area contributed by atoms with Gasteiger partial charge in [-0.2, -0.15) is 0 Å². The molecular weight excluding hydrogens is 586 g/mol. The lowest BCUT2D eigenvalue weighted by atomic mass is 10.00. The predicted octanol–water partition coefficient (Wildman–Crippen LogP) is 9.79. The van der Waals surface area contributed by atoms with Gasteiger partial charge in [-0.05, 0) is 77.0 Å². The molecule has 0 fully saturated rings. The summed E-state index contributed by atoms with van der Waals surface area (Å²) in [6, 6.07) is -1.01. The highest BCUT2D eigenvalue weighted by Crippen LogP contribution is 2.13. The van der Waals surface area contributed by atoms with Crippen molar-refractivity contribution < 1.29 is 25.2 Å². The van der Waals surface area contributed by atoms with Crippen LogP contribution in [0.5, 0.6) is 0 Å². The van der Waals surface area contributed by atoms with E-state index in [1.54, 1.807) is 0 Å². The van der Waals surface area contributed by atoms with Crippen molar-refractivity contribution in [3.05, 3.63) is 36.5 Å². The second kappa shape index (κ2) is 35.8. The molecule has 0 aliphatic carbocycles. The molecule has 4 unspecified atom stereocenters. The van der Waals surface area contributed by atoms with E-state index in [0.29, 0.717) is 25.7 Å². The van der Waals surface area contributed by atoms with Crippen LogP contribution in [0.25, 0.3) is 0 Å². The number of nitrogens with one attached hydrogen (secondary N) is 1. The summed E-state index contributed by atoms with van der Waals surface area (Å²) in [6.45, 7) is 3.99. The summed E-state index contributed by atoms with van der Waals surface area (Å²) >= 11 is 0. The number of aliphatic hydroxyl groups excluding tert-OH is 4. The average Bonchev–Trinajstić information content (AvgIpc) is 3.07. The lowest BCUT2D eigenvalue weighted by Gasteiger charge is -2.27. The first-order chi connectivity index (χ1) is 23.0. The zero-order valence-corrected chi connectivity index (χ0v) is 30.8. The number of hydrogen-bond donors (Lipinski definition) is 5. The monoisotopic (exact) mass is 664 g/mol. The fourth-order valence-electron chi connectivity index (χ4n) is 5.82. The standard InChI is InChI=1S/C41H77NO5/c1-3-5-7-9-11-13-15-17-18-19-20-21-22-23-25-26-28-30-32-34-38(44)40(46)37(36-43)42-41(47)39(45)35-33-31-29-27-24-16-14-12-10-8-6-4-2/h21-22,24,26-28,37-40,43-46H,3-20,23,25,29-36H2,1-2H3,(H,42,47)/b22-21+,27-24-,28-26+. The van der Waals surface area contributed by atoms with Gasteiger partial charge in [0.15, 0.2) is 0 Å². The largest absolute Gasteiger partial charge is 0.394 e. The number of aliphatic hydroxyl groups is 4. The topological polar surface area (TPSA) is 110 Å². The van der Waals surface area contributed by atoms with Crippen LogP contribution >= 0.6 is 0 Å². The lowest BCUT2D eigenvalue weighted by Crippen LogP contribution is -2.53. The Morgan fingerprint density at radius 2 is 0.894 bits per heavy atom. The van der Waals surface area contributed by atoms with Gasteiger partial charge >= 0.3 is 0 Å². The summed E-state index contributed by atoms with van der Waals surface area (Å²) in [5.74, 6) is -0.616. The molecule has 0 radical (unpaired) electrons. The minimum Gasteiger partial charge on any atom is -0.394 e. The van der Waals surface area contributed by atoms with Crippen molar-refractivity contribution in [1.29, 1.82) is 0 Å². The maximum absolute atomic E-state index is 12.4. The Balaban J connectivity index is 3.88. The Morgan fingerprint density at radius 1 is 0.511 bits per heavy atom. The van der Waals surface area contributed by atoms with E-state index in [2.05, 4.69) is 55.6 Å². The van der Waals surface area contributed by atoms with Gasteiger partial charge in [-0.15, -0.1) is 0 Å². The number of unbranched alkanes of at least 4 members (excludes halogenated alkanes) is 20. The Bertz CT molecular complexity index is 752. The van der Waals surface area contributed by atoms with Gasteiger partial charge in [-0.1, -0.05) is 147 Å². The molecule has 47 heavy (non-hydrogen) atoms. The van der Waals surface area contributed by atoms with Gasteiger partial charge in [0.1, 0.15) is 12.2 Å². The van der Waals surface area contributed by atoms with Crippen molar-refractivity contribution in [3.8, 4) is 0 Å². The molecule has 0 aliphatic heterocycles. The van der Waals surface area contributed by atoms with Crippen molar-refractivity contribution in [1.82, 2.24) is 5.32 Å². The van der Waals surface area contributed by atoms with Gasteiger partial charge in [0.2, 0.25) is 5.91 Å². The number of hydrogen-bond acceptors (Lipinski definition) is 5. The first-order valence-electron chi connectivity index (χ1n) is 19.9.